The molecule has 2 rings (SSSR count). The van der Waals surface area contributed by atoms with E-state index in [1.165, 1.54) is 0 Å². The van der Waals surface area contributed by atoms with Crippen LogP contribution in [0.5, 0.6) is 5.75 Å². The summed E-state index contributed by atoms with van der Waals surface area (Å²) in [5.41, 5.74) is 6.57. The fourth-order valence-corrected chi connectivity index (χ4v) is 1.93. The third-order valence-corrected chi connectivity index (χ3v) is 3.11. The van der Waals surface area contributed by atoms with Crippen LogP contribution in [0.3, 0.4) is 0 Å². The van der Waals surface area contributed by atoms with Crippen molar-refractivity contribution in [3.63, 3.8) is 0 Å². The molecule has 1 unspecified atom stereocenters. The topological polar surface area (TPSA) is 64.3 Å². The molecule has 0 heterocycles. The Morgan fingerprint density at radius 3 is 2.67 bits per heavy atom. The van der Waals surface area contributed by atoms with E-state index in [9.17, 15) is 4.79 Å². The van der Waals surface area contributed by atoms with Gasteiger partial charge < -0.3 is 15.8 Å². The van der Waals surface area contributed by atoms with Crippen LogP contribution in [-0.2, 0) is 4.79 Å². The van der Waals surface area contributed by atoms with Crippen LogP contribution in [-0.4, -0.2) is 18.6 Å². The monoisotopic (exact) mass is 304 g/mol. The van der Waals surface area contributed by atoms with Crippen molar-refractivity contribution in [3.05, 3.63) is 59.6 Å². The number of carbonyl (C=O) groups excluding carboxylic acids is 1. The molecule has 0 aliphatic carbocycles. The Labute approximate surface area is 128 Å². The van der Waals surface area contributed by atoms with Gasteiger partial charge in [-0.1, -0.05) is 35.9 Å². The highest BCUT2D eigenvalue weighted by atomic mass is 35.5. The summed E-state index contributed by atoms with van der Waals surface area (Å²) in [6, 6.07) is 15.7. The Kier molecular flexibility index (Phi) is 5.60. The molecular weight excluding hydrogens is 288 g/mol. The average Bonchev–Trinajstić information content (AvgIpc) is 2.48. The number of amides is 1. The molecule has 0 aromatic heterocycles. The average molecular weight is 305 g/mol. The minimum atomic E-state index is -0.621. The SMILES string of the molecule is NC(CCOc1cccc(Cl)c1)C(=O)Nc1ccccc1. The van der Waals surface area contributed by atoms with Crippen LogP contribution >= 0.6 is 11.6 Å². The first-order valence-corrected chi connectivity index (χ1v) is 7.03. The van der Waals surface area contributed by atoms with E-state index >= 15 is 0 Å². The number of hydrogen-bond acceptors (Lipinski definition) is 3. The number of ether oxygens (including phenoxy) is 1. The van der Waals surface area contributed by atoms with E-state index in [2.05, 4.69) is 5.32 Å². The number of para-hydroxylation sites is 1. The van der Waals surface area contributed by atoms with E-state index in [0.717, 1.165) is 5.69 Å². The van der Waals surface area contributed by atoms with E-state index in [-0.39, 0.29) is 5.91 Å². The van der Waals surface area contributed by atoms with Gasteiger partial charge in [0, 0.05) is 17.1 Å². The summed E-state index contributed by atoms with van der Waals surface area (Å²) in [6.45, 7) is 0.351. The van der Waals surface area contributed by atoms with E-state index in [0.29, 0.717) is 23.8 Å². The standard InChI is InChI=1S/C16H17ClN2O2/c17-12-5-4-8-14(11-12)21-10-9-15(18)16(20)19-13-6-2-1-3-7-13/h1-8,11,15H,9-10,18H2,(H,19,20). The van der Waals surface area contributed by atoms with Gasteiger partial charge >= 0.3 is 0 Å². The van der Waals surface area contributed by atoms with Crippen LogP contribution in [0.15, 0.2) is 54.6 Å². The van der Waals surface area contributed by atoms with Crippen LogP contribution in [0.25, 0.3) is 0 Å². The summed E-state index contributed by atoms with van der Waals surface area (Å²) in [5.74, 6) is 0.439. The minimum Gasteiger partial charge on any atom is -0.493 e. The highest BCUT2D eigenvalue weighted by Crippen LogP contribution is 2.17. The van der Waals surface area contributed by atoms with Crippen molar-refractivity contribution >= 4 is 23.2 Å². The highest BCUT2D eigenvalue weighted by molar-refractivity contribution is 6.30. The summed E-state index contributed by atoms with van der Waals surface area (Å²) in [5, 5.41) is 3.37. The first-order chi connectivity index (χ1) is 10.1. The number of rotatable bonds is 6. The van der Waals surface area contributed by atoms with Crippen molar-refractivity contribution < 1.29 is 9.53 Å². The van der Waals surface area contributed by atoms with Crippen LogP contribution in [0, 0.1) is 0 Å². The quantitative estimate of drug-likeness (QED) is 0.862. The van der Waals surface area contributed by atoms with Gasteiger partial charge in [0.25, 0.3) is 0 Å². The molecule has 2 aromatic rings. The predicted molar refractivity (Wildman–Crippen MR) is 84.6 cm³/mol. The second-order valence-electron chi connectivity index (χ2n) is 4.56. The lowest BCUT2D eigenvalue weighted by Crippen LogP contribution is -2.36. The summed E-state index contributed by atoms with van der Waals surface area (Å²) >= 11 is 5.86. The van der Waals surface area contributed by atoms with Crippen LogP contribution in [0.1, 0.15) is 6.42 Å². The van der Waals surface area contributed by atoms with Gasteiger partial charge in [-0.15, -0.1) is 0 Å². The smallest absolute Gasteiger partial charge is 0.241 e. The molecule has 0 fully saturated rings. The second kappa shape index (κ2) is 7.67. The number of benzene rings is 2. The van der Waals surface area contributed by atoms with Crippen molar-refractivity contribution in [3.8, 4) is 5.75 Å². The van der Waals surface area contributed by atoms with Crippen molar-refractivity contribution in [2.75, 3.05) is 11.9 Å². The Bertz CT molecular complexity index is 590. The number of carbonyl (C=O) groups is 1. The van der Waals surface area contributed by atoms with E-state index in [1.807, 2.05) is 30.3 Å². The fourth-order valence-electron chi connectivity index (χ4n) is 1.75. The Morgan fingerprint density at radius 2 is 1.95 bits per heavy atom. The molecule has 0 aliphatic heterocycles. The lowest BCUT2D eigenvalue weighted by atomic mass is 10.2. The van der Waals surface area contributed by atoms with Crippen LogP contribution in [0.4, 0.5) is 5.69 Å². The maximum Gasteiger partial charge on any atom is 0.241 e. The van der Waals surface area contributed by atoms with E-state index in [1.54, 1.807) is 24.3 Å². The van der Waals surface area contributed by atoms with Crippen LogP contribution in [0.2, 0.25) is 5.02 Å². The highest BCUT2D eigenvalue weighted by Gasteiger charge is 2.13. The number of nitrogens with one attached hydrogen (secondary N) is 1. The predicted octanol–water partition coefficient (Wildman–Crippen LogP) is 3.07. The first-order valence-electron chi connectivity index (χ1n) is 6.65. The van der Waals surface area contributed by atoms with Gasteiger partial charge in [0.05, 0.1) is 12.6 Å². The lowest BCUT2D eigenvalue weighted by Gasteiger charge is -2.13. The molecule has 1 amide bonds. The molecule has 0 radical (unpaired) electrons. The fraction of sp³-hybridized carbons (Fsp3) is 0.188. The number of anilines is 1. The third-order valence-electron chi connectivity index (χ3n) is 2.87. The largest absolute Gasteiger partial charge is 0.493 e. The maximum atomic E-state index is 11.9. The van der Waals surface area contributed by atoms with Gasteiger partial charge in [0.1, 0.15) is 5.75 Å². The molecule has 3 N–H and O–H groups in total. The zero-order chi connectivity index (χ0) is 15.1. The molecule has 21 heavy (non-hydrogen) atoms. The summed E-state index contributed by atoms with van der Waals surface area (Å²) in [6.07, 6.45) is 0.422. The van der Waals surface area contributed by atoms with Crippen molar-refractivity contribution in [2.24, 2.45) is 5.73 Å². The molecule has 1 atom stereocenters. The zero-order valence-electron chi connectivity index (χ0n) is 11.5. The van der Waals surface area contributed by atoms with Gasteiger partial charge in [-0.2, -0.15) is 0 Å². The summed E-state index contributed by atoms with van der Waals surface area (Å²) in [7, 11) is 0. The minimum absolute atomic E-state index is 0.226. The van der Waals surface area contributed by atoms with Gasteiger partial charge in [-0.25, -0.2) is 0 Å². The van der Waals surface area contributed by atoms with E-state index < -0.39 is 6.04 Å². The van der Waals surface area contributed by atoms with Gasteiger partial charge in [0.15, 0.2) is 0 Å². The molecule has 4 nitrogen and oxygen atoms in total. The number of hydrogen-bond donors (Lipinski definition) is 2. The Balaban J connectivity index is 1.76. The van der Waals surface area contributed by atoms with Crippen molar-refractivity contribution in [2.45, 2.75) is 12.5 Å². The lowest BCUT2D eigenvalue weighted by molar-refractivity contribution is -0.117. The first kappa shape index (κ1) is 15.4. The van der Waals surface area contributed by atoms with Gasteiger partial charge in [0.2, 0.25) is 5.91 Å². The normalized spacial score (nSPS) is 11.7. The summed E-state index contributed by atoms with van der Waals surface area (Å²) in [4.78, 5) is 11.9. The van der Waals surface area contributed by atoms with Crippen molar-refractivity contribution in [1.82, 2.24) is 0 Å². The molecule has 0 spiro atoms. The van der Waals surface area contributed by atoms with Gasteiger partial charge in [-0.3, -0.25) is 4.79 Å². The van der Waals surface area contributed by atoms with Gasteiger partial charge in [-0.05, 0) is 30.3 Å². The van der Waals surface area contributed by atoms with Crippen LogP contribution < -0.4 is 15.8 Å². The zero-order valence-corrected chi connectivity index (χ0v) is 12.2. The molecule has 0 saturated heterocycles. The molecule has 110 valence electrons. The second-order valence-corrected chi connectivity index (χ2v) is 4.99. The molecule has 2 aromatic carbocycles. The Hall–Kier alpha value is -2.04. The molecule has 0 bridgehead atoms. The molecule has 0 saturated carbocycles. The maximum absolute atomic E-state index is 11.9. The Morgan fingerprint density at radius 1 is 1.19 bits per heavy atom. The summed E-state index contributed by atoms with van der Waals surface area (Å²) < 4.78 is 5.51. The number of nitrogens with two attached hydrogens (primary N) is 1. The van der Waals surface area contributed by atoms with Crippen molar-refractivity contribution in [1.29, 1.82) is 0 Å². The van der Waals surface area contributed by atoms with E-state index in [4.69, 9.17) is 22.1 Å². The molecule has 0 aliphatic rings. The molecular formula is C16H17ClN2O2. The number of halogens is 1. The third kappa shape index (κ3) is 5.10. The molecule has 5 heteroatoms.